The Bertz CT molecular complexity index is 5550. The molecule has 0 fully saturated rings. The molecule has 0 aliphatic carbocycles. The molecule has 0 aliphatic heterocycles. The fourth-order valence-electron chi connectivity index (χ4n) is 11.3. The second-order valence-corrected chi connectivity index (χ2v) is 32.3. The number of hydrogen-bond acceptors (Lipinski definition) is 21. The summed E-state index contributed by atoms with van der Waals surface area (Å²) in [5, 5.41) is 52.5. The molecule has 6 aromatic carbocycles. The van der Waals surface area contributed by atoms with Gasteiger partial charge in [-0.05, 0) is 183 Å². The number of carbonyl (C=O) groups is 6. The van der Waals surface area contributed by atoms with Crippen molar-refractivity contribution in [1.29, 1.82) is 5.26 Å². The van der Waals surface area contributed by atoms with Crippen LogP contribution < -0.4 is 54.1 Å². The first kappa shape index (κ1) is 109. The van der Waals surface area contributed by atoms with Crippen molar-refractivity contribution in [2.24, 2.45) is 11.6 Å². The molecule has 0 atom stereocenters. The number of methoxy groups -OCH3 is 1. The van der Waals surface area contributed by atoms with Crippen LogP contribution in [0.4, 0.5) is 33.0 Å². The molecule has 37 heteroatoms. The molecule has 0 radical (unpaired) electrons. The number of carboxylic acid groups (broad SMARTS) is 1. The Morgan fingerprint density at radius 3 is 1.18 bits per heavy atom. The molecule has 12 rings (SSSR count). The number of nitrogen functional groups attached to an aromatic ring is 1. The Balaban J connectivity index is 0.000000288. The van der Waals surface area contributed by atoms with Crippen molar-refractivity contribution in [3.05, 3.63) is 329 Å². The van der Waals surface area contributed by atoms with Gasteiger partial charge in [-0.25, -0.2) is 17.4 Å². The molecular formula is C93H99BrCl5N19O8S3Zn. The van der Waals surface area contributed by atoms with E-state index in [1.807, 2.05) is 158 Å². The van der Waals surface area contributed by atoms with E-state index in [4.69, 9.17) is 91.1 Å². The van der Waals surface area contributed by atoms with Gasteiger partial charge in [0.15, 0.2) is 5.11 Å². The fourth-order valence-corrected chi connectivity index (χ4v) is 13.6. The Hall–Kier alpha value is -11.4. The van der Waals surface area contributed by atoms with Crippen LogP contribution in [0.15, 0.2) is 219 Å². The molecular weight excluding hydrogens is 1930 g/mol. The molecule has 676 valence electrons. The van der Waals surface area contributed by atoms with Crippen LogP contribution >= 0.6 is 107 Å². The number of aliphatic carboxylic acids is 1. The average Bonchev–Trinajstić information content (AvgIpc) is 1.12. The van der Waals surface area contributed by atoms with Gasteiger partial charge in [-0.2, -0.15) is 11.7 Å². The number of carboxylic acids is 1. The maximum absolute atomic E-state index is 12.3. The predicted molar refractivity (Wildman–Crippen MR) is 525 cm³/mol. The normalized spacial score (nSPS) is 9.98. The molecule has 6 aromatic heterocycles. The van der Waals surface area contributed by atoms with Gasteiger partial charge in [-0.3, -0.25) is 43.7 Å². The van der Waals surface area contributed by atoms with Gasteiger partial charge >= 0.3 is 35.9 Å². The molecule has 0 saturated heterocycles. The van der Waals surface area contributed by atoms with E-state index in [0.717, 1.165) is 144 Å². The predicted octanol–water partition coefficient (Wildman–Crippen LogP) is 19.8. The van der Waals surface area contributed by atoms with Crippen molar-refractivity contribution in [1.82, 2.24) is 45.8 Å². The van der Waals surface area contributed by atoms with Crippen LogP contribution in [0.5, 0.6) is 5.75 Å². The quantitative estimate of drug-likeness (QED) is 0.00340. The summed E-state index contributed by atoms with van der Waals surface area (Å²) in [5.41, 5.74) is 23.9. The number of nitrogens with one attached hydrogen (secondary N) is 6. The van der Waals surface area contributed by atoms with Gasteiger partial charge in [-0.15, -0.1) is 20.4 Å². The average molecular weight is 2030 g/mol. The van der Waals surface area contributed by atoms with Crippen molar-refractivity contribution in [2.45, 2.75) is 135 Å². The number of aromatic nitrogens is 8. The number of hydrazine groups is 1. The monoisotopic (exact) mass is 2020 g/mol. The first-order valence-electron chi connectivity index (χ1n) is 40.5. The minimum atomic E-state index is -0.848. The Kier molecular flexibility index (Phi) is 54.1. The summed E-state index contributed by atoms with van der Waals surface area (Å²) in [5.74, 6) is 3.82. The number of pyridine rings is 4. The van der Waals surface area contributed by atoms with Crippen LogP contribution in [0, 0.1) is 31.8 Å². The van der Waals surface area contributed by atoms with Gasteiger partial charge in [-0.1, -0.05) is 202 Å². The number of rotatable bonds is 34. The van der Waals surface area contributed by atoms with E-state index < -0.39 is 5.97 Å². The minimum absolute atomic E-state index is 0.00398. The summed E-state index contributed by atoms with van der Waals surface area (Å²) >= 11 is 41.2. The van der Waals surface area contributed by atoms with Crippen LogP contribution in [0.1, 0.15) is 124 Å². The third-order valence-electron chi connectivity index (χ3n) is 17.7. The van der Waals surface area contributed by atoms with Crippen molar-refractivity contribution in [3.8, 4) is 11.8 Å². The van der Waals surface area contributed by atoms with Crippen LogP contribution in [-0.2, 0) is 116 Å². The molecule has 6 heterocycles. The fraction of sp³-hybridized carbons (Fsp3) is 0.247. The van der Waals surface area contributed by atoms with E-state index in [0.29, 0.717) is 89.0 Å². The maximum atomic E-state index is 12.3. The molecule has 27 nitrogen and oxygen atoms in total. The molecule has 5 amide bonds. The number of ether oxygens (including phenoxy) is 1. The van der Waals surface area contributed by atoms with Crippen LogP contribution in [0.25, 0.3) is 4.85 Å². The van der Waals surface area contributed by atoms with E-state index >= 15 is 0 Å². The summed E-state index contributed by atoms with van der Waals surface area (Å²) in [6.07, 6.45) is 20.2. The number of thiocarbonyl (C=S) groups is 1. The first-order chi connectivity index (χ1) is 62.8. The van der Waals surface area contributed by atoms with Gasteiger partial charge in [0.1, 0.15) is 20.9 Å². The summed E-state index contributed by atoms with van der Waals surface area (Å²) in [4.78, 5) is 91.4. The zero-order valence-corrected chi connectivity index (χ0v) is 82.3. The summed E-state index contributed by atoms with van der Waals surface area (Å²) in [6, 6.07) is 60.9. The SMILES string of the molecule is COc1ccccc1CC(=O)O.Cc1ccccc1CC(=O)Nc1nnc(CCCCc2ccc(NC(=O)Cc3ccccc3Cl)cn2)s1.NNC(N)=S.Nc1nnc(CCCCc2ccc(NC(=O)Cc3ccccc3Cl)cn2)s1.O=C(Cc1ccccc1Cl)Nc1ccc(Cl)nc1.[C-]#[N+]CCCCc1ccc(NC(=O)Cc2ccccc2Cl)cn1.[CH2-]CCCC#N.[Zn+][Br]. The third kappa shape index (κ3) is 46.3. The number of hydrogen-bond donors (Lipinski definition) is 10. The standard InChI is InChI=1S/C28H28ClN5O2S.C19H20ClN5OS.C18H18ClN3O.C13H10Cl2N2O.C9H10O3.C5H8N.CH5N3S.BrH.Zn/c1-19-8-2-3-9-20(19)16-26(36)32-28-34-33-27(37-28)13-7-5-11-22-14-15-23(18-30-22)31-25(35)17-21-10-4-6-12-24(21)29;20-16-7-3-1-5-13(16)11-17(26)23-15-10-9-14(22-12-15)6-2-4-8-18-24-25-19(21)27-18;1-20-11-5-4-7-15-9-10-16(13-21-15)22-18(23)12-14-6-2-3-8-17(14)19;14-11-4-2-1-3-9(11)7-13(18)17-10-5-6-12(15)16-8-10;1-12-8-5-3-2-4-7(8)6-9(10)11;1-2-3-4-5-6;2-1(5)4-3;;/h2-4,6,8-10,12,14-15,18H,5,7,11,13,16-17H2,1H3,(H,31,35)(H,32,34,36);1,3,5,7,9-10,12H,2,4,6,8,11H2,(H2,21,25)(H,23,26);2-3,6,8-10,13H,4-5,7,11-12H2,(H,22,23);1-6,8H,7H2,(H,17,18);2-5H,6H2,1H3,(H,10,11);1-4H2;3H2,(H3,2,4,5);1H;/q;;;;;-1;;;+2/p-1. The van der Waals surface area contributed by atoms with Gasteiger partial charge in [0.05, 0.1) is 99.2 Å². The first-order valence-corrected chi connectivity index (χ1v) is 51.4. The Morgan fingerprint density at radius 1 is 0.492 bits per heavy atom. The van der Waals surface area contributed by atoms with Crippen molar-refractivity contribution >= 4 is 180 Å². The van der Waals surface area contributed by atoms with Crippen molar-refractivity contribution in [3.63, 3.8) is 0 Å². The molecule has 0 saturated carbocycles. The number of para-hydroxylation sites is 1. The molecule has 0 aliphatic rings. The van der Waals surface area contributed by atoms with Crippen LogP contribution in [0.2, 0.25) is 25.2 Å². The van der Waals surface area contributed by atoms with Gasteiger partial charge in [0.2, 0.25) is 46.3 Å². The number of halogens is 6. The van der Waals surface area contributed by atoms with E-state index in [-0.39, 0.29) is 66.8 Å². The van der Waals surface area contributed by atoms with Gasteiger partial charge in [0.25, 0.3) is 0 Å². The Morgan fingerprint density at radius 2 is 0.846 bits per heavy atom. The topological polar surface area (TPSA) is 413 Å². The summed E-state index contributed by atoms with van der Waals surface area (Å²) in [7, 11) is 1.53. The number of nitriles is 1. The van der Waals surface area contributed by atoms with E-state index in [9.17, 15) is 28.8 Å². The zero-order chi connectivity index (χ0) is 94.6. The number of anilines is 6. The number of benzene rings is 6. The van der Waals surface area contributed by atoms with Crippen molar-refractivity contribution < 1.29 is 55.0 Å². The second kappa shape index (κ2) is 64.4. The summed E-state index contributed by atoms with van der Waals surface area (Å²) < 4.78 is 4.98. The number of carbonyl (C=O) groups excluding carboxylic acids is 5. The molecule has 0 spiro atoms. The second-order valence-electron chi connectivity index (χ2n) is 27.7. The van der Waals surface area contributed by atoms with Crippen LogP contribution in [-0.4, -0.2) is 99.7 Å². The molecule has 130 heavy (non-hydrogen) atoms. The van der Waals surface area contributed by atoms with Gasteiger partial charge < -0.3 is 65.1 Å². The number of amides is 5. The summed E-state index contributed by atoms with van der Waals surface area (Å²) in [6.45, 7) is 12.9. The zero-order valence-electron chi connectivity index (χ0n) is 71.5. The molecule has 13 N–H and O–H groups in total. The van der Waals surface area contributed by atoms with Gasteiger partial charge in [0, 0.05) is 68.4 Å². The molecule has 12 aromatic rings. The number of unbranched alkanes of at least 4 members (excludes halogenated alkanes) is 5. The number of nitrogens with two attached hydrogens (primary N) is 3. The molecule has 0 bridgehead atoms. The van der Waals surface area contributed by atoms with E-state index in [2.05, 4.69) is 110 Å². The molecule has 0 unspecified atom stereocenters. The van der Waals surface area contributed by atoms with E-state index in [1.54, 1.807) is 73.2 Å². The number of nitrogens with zero attached hydrogens (tertiary/aromatic N) is 10. The third-order valence-corrected chi connectivity index (χ3v) is 21.2. The Labute approximate surface area is 812 Å². The van der Waals surface area contributed by atoms with Crippen molar-refractivity contribution in [2.75, 3.05) is 46.0 Å². The van der Waals surface area contributed by atoms with E-state index in [1.165, 1.54) is 52.3 Å². The van der Waals surface area contributed by atoms with Crippen LogP contribution in [0.3, 0.4) is 0 Å². The number of aryl methyl sites for hydroxylation is 6.